The molecular formula is C31H36ClN3OS. The summed E-state index contributed by atoms with van der Waals surface area (Å²) in [6.07, 6.45) is 8.78. The highest BCUT2D eigenvalue weighted by molar-refractivity contribution is 7.16. The molecule has 1 aliphatic carbocycles. The number of rotatable bonds is 5. The van der Waals surface area contributed by atoms with E-state index < -0.39 is 0 Å². The minimum atomic E-state index is -0.0957. The highest BCUT2D eigenvalue weighted by Gasteiger charge is 2.33. The number of carbonyl (C=O) groups excluding carboxylic acids is 1. The van der Waals surface area contributed by atoms with Crippen LogP contribution in [-0.4, -0.2) is 25.2 Å². The fourth-order valence-electron chi connectivity index (χ4n) is 5.42. The number of anilines is 2. The van der Waals surface area contributed by atoms with Gasteiger partial charge >= 0.3 is 0 Å². The van der Waals surface area contributed by atoms with E-state index in [0.717, 1.165) is 54.2 Å². The Hall–Kier alpha value is -2.63. The fourth-order valence-corrected chi connectivity index (χ4v) is 6.81. The van der Waals surface area contributed by atoms with Crippen LogP contribution in [-0.2, 0) is 12.8 Å². The molecule has 2 aliphatic rings. The summed E-state index contributed by atoms with van der Waals surface area (Å²) in [4.78, 5) is 22.2. The maximum Gasteiger partial charge on any atom is 0.259 e. The summed E-state index contributed by atoms with van der Waals surface area (Å²) in [6, 6.07) is 15.9. The molecule has 4 nitrogen and oxygen atoms in total. The van der Waals surface area contributed by atoms with Crippen LogP contribution in [0.4, 0.5) is 16.4 Å². The molecule has 0 bridgehead atoms. The Kier molecular flexibility index (Phi) is 7.73. The average molecular weight is 534 g/mol. The minimum Gasteiger partial charge on any atom is -0.372 e. The topological polar surface area (TPSA) is 44.7 Å². The normalized spacial score (nSPS) is 18.2. The van der Waals surface area contributed by atoms with Crippen LogP contribution in [0.1, 0.15) is 72.8 Å². The molecule has 0 unspecified atom stereocenters. The minimum absolute atomic E-state index is 0.0957. The van der Waals surface area contributed by atoms with Gasteiger partial charge in [-0.25, -0.2) is 4.99 Å². The van der Waals surface area contributed by atoms with Crippen LogP contribution in [0.25, 0.3) is 0 Å². The van der Waals surface area contributed by atoms with Crippen LogP contribution in [0.2, 0.25) is 5.02 Å². The molecule has 5 rings (SSSR count). The predicted octanol–water partition coefficient (Wildman–Crippen LogP) is 8.55. The number of fused-ring (bicyclic) bond motifs is 1. The first-order valence-corrected chi connectivity index (χ1v) is 14.6. The molecule has 37 heavy (non-hydrogen) atoms. The lowest BCUT2D eigenvalue weighted by molar-refractivity contribution is 0.102. The van der Waals surface area contributed by atoms with E-state index in [1.807, 2.05) is 18.3 Å². The molecule has 0 spiro atoms. The van der Waals surface area contributed by atoms with Gasteiger partial charge in [0.1, 0.15) is 5.00 Å². The van der Waals surface area contributed by atoms with Gasteiger partial charge in [0.15, 0.2) is 0 Å². The summed E-state index contributed by atoms with van der Waals surface area (Å²) in [7, 11) is 0. The van der Waals surface area contributed by atoms with E-state index in [2.05, 4.69) is 55.3 Å². The second-order valence-corrected chi connectivity index (χ2v) is 12.9. The Morgan fingerprint density at radius 2 is 1.76 bits per heavy atom. The Bertz CT molecular complexity index is 1270. The predicted molar refractivity (Wildman–Crippen MR) is 158 cm³/mol. The zero-order chi connectivity index (χ0) is 26.0. The van der Waals surface area contributed by atoms with Crippen LogP contribution in [0.15, 0.2) is 53.5 Å². The van der Waals surface area contributed by atoms with Crippen molar-refractivity contribution in [3.05, 3.63) is 75.1 Å². The lowest BCUT2D eigenvalue weighted by Crippen LogP contribution is -2.29. The maximum absolute atomic E-state index is 13.5. The first kappa shape index (κ1) is 26.0. The number of halogens is 1. The van der Waals surface area contributed by atoms with Gasteiger partial charge in [0.05, 0.1) is 5.56 Å². The smallest absolute Gasteiger partial charge is 0.259 e. The number of thiophene rings is 1. The van der Waals surface area contributed by atoms with Crippen LogP contribution < -0.4 is 10.2 Å². The van der Waals surface area contributed by atoms with Gasteiger partial charge in [-0.05, 0) is 97.4 Å². The van der Waals surface area contributed by atoms with Crippen molar-refractivity contribution in [2.75, 3.05) is 23.3 Å². The van der Waals surface area contributed by atoms with Gasteiger partial charge in [0, 0.05) is 40.6 Å². The molecule has 1 saturated heterocycles. The zero-order valence-corrected chi connectivity index (χ0v) is 23.6. The number of carbonyl (C=O) groups is 1. The van der Waals surface area contributed by atoms with Crippen molar-refractivity contribution in [1.29, 1.82) is 0 Å². The first-order chi connectivity index (χ1) is 17.8. The first-order valence-electron chi connectivity index (χ1n) is 13.4. The molecular weight excluding hydrogens is 498 g/mol. The summed E-state index contributed by atoms with van der Waals surface area (Å²) in [5.74, 6) is 0.506. The third-order valence-corrected chi connectivity index (χ3v) is 9.16. The number of aliphatic imine (C=N–C) groups is 1. The van der Waals surface area contributed by atoms with Crippen molar-refractivity contribution in [2.24, 2.45) is 16.3 Å². The quantitative estimate of drug-likeness (QED) is 0.334. The van der Waals surface area contributed by atoms with Crippen LogP contribution in [0.5, 0.6) is 0 Å². The second kappa shape index (κ2) is 11.0. The largest absolute Gasteiger partial charge is 0.372 e. The maximum atomic E-state index is 13.5. The number of nitrogens with zero attached hydrogens (tertiary/aromatic N) is 2. The zero-order valence-electron chi connectivity index (χ0n) is 22.0. The lowest BCUT2D eigenvalue weighted by atomic mass is 9.72. The van der Waals surface area contributed by atoms with Crippen molar-refractivity contribution >= 4 is 51.4 Å². The molecule has 1 fully saturated rings. The van der Waals surface area contributed by atoms with Gasteiger partial charge in [-0.2, -0.15) is 0 Å². The van der Waals surface area contributed by atoms with E-state index in [1.54, 1.807) is 23.5 Å². The lowest BCUT2D eigenvalue weighted by Gasteiger charge is -2.33. The molecule has 6 heteroatoms. The Morgan fingerprint density at radius 1 is 1.05 bits per heavy atom. The third-order valence-electron chi connectivity index (χ3n) is 7.75. The molecule has 2 aromatic carbocycles. The molecule has 1 aliphatic heterocycles. The summed E-state index contributed by atoms with van der Waals surface area (Å²) < 4.78 is 0. The summed E-state index contributed by atoms with van der Waals surface area (Å²) in [5, 5.41) is 4.52. The Balaban J connectivity index is 1.42. The highest BCUT2D eigenvalue weighted by atomic mass is 35.5. The van der Waals surface area contributed by atoms with Crippen LogP contribution in [0.3, 0.4) is 0 Å². The number of hydrogen-bond acceptors (Lipinski definition) is 4. The van der Waals surface area contributed by atoms with Crippen molar-refractivity contribution in [1.82, 2.24) is 0 Å². The SMILES string of the molecule is CC(C)(C)[C@@H]1CCc2c(sc(N=Cc3ccc(N4CCCCC4)cc3)c2C(=O)Nc2ccc(Cl)cc2)C1. The number of amides is 1. The molecule has 1 aromatic heterocycles. The second-order valence-electron chi connectivity index (χ2n) is 11.3. The molecule has 1 N–H and O–H groups in total. The summed E-state index contributed by atoms with van der Waals surface area (Å²) >= 11 is 7.72. The van der Waals surface area contributed by atoms with Crippen molar-refractivity contribution in [3.63, 3.8) is 0 Å². The van der Waals surface area contributed by atoms with Crippen molar-refractivity contribution < 1.29 is 4.79 Å². The van der Waals surface area contributed by atoms with Gasteiger partial charge in [0.25, 0.3) is 5.91 Å². The molecule has 1 amide bonds. The van der Waals surface area contributed by atoms with Crippen molar-refractivity contribution in [3.8, 4) is 0 Å². The molecule has 194 valence electrons. The van der Waals surface area contributed by atoms with Crippen molar-refractivity contribution in [2.45, 2.75) is 59.3 Å². The van der Waals surface area contributed by atoms with Gasteiger partial charge in [0.2, 0.25) is 0 Å². The molecule has 0 saturated carbocycles. The van der Waals surface area contributed by atoms with E-state index in [0.29, 0.717) is 10.9 Å². The standard InChI is InChI=1S/C31H36ClN3OS/c1-31(2,3)22-9-16-26-27(19-22)37-30(28(26)29(36)34-24-12-10-23(32)11-13-24)33-20-21-7-14-25(15-8-21)35-17-5-4-6-18-35/h7-8,10-15,20,22H,4-6,9,16-19H2,1-3H3,(H,34,36)/t22-/m1/s1. The monoisotopic (exact) mass is 533 g/mol. The van der Waals surface area contributed by atoms with E-state index in [-0.39, 0.29) is 11.3 Å². The summed E-state index contributed by atoms with van der Waals surface area (Å²) in [5.41, 5.74) is 5.20. The van der Waals surface area contributed by atoms with Gasteiger partial charge in [-0.15, -0.1) is 11.3 Å². The number of nitrogens with one attached hydrogen (secondary N) is 1. The number of hydrogen-bond donors (Lipinski definition) is 1. The molecule has 1 atom stereocenters. The molecule has 0 radical (unpaired) electrons. The number of piperidine rings is 1. The van der Waals surface area contributed by atoms with Gasteiger partial charge < -0.3 is 10.2 Å². The van der Waals surface area contributed by atoms with Gasteiger partial charge in [-0.1, -0.05) is 44.5 Å². The third kappa shape index (κ3) is 6.10. The van der Waals surface area contributed by atoms with E-state index in [4.69, 9.17) is 16.6 Å². The van der Waals surface area contributed by atoms with Gasteiger partial charge in [-0.3, -0.25) is 4.79 Å². The van der Waals surface area contributed by atoms with Crippen LogP contribution >= 0.6 is 22.9 Å². The molecule has 2 heterocycles. The van der Waals surface area contributed by atoms with Crippen LogP contribution in [0, 0.1) is 11.3 Å². The highest BCUT2D eigenvalue weighted by Crippen LogP contribution is 2.45. The Labute approximate surface area is 229 Å². The number of benzene rings is 2. The van der Waals surface area contributed by atoms with E-state index in [1.165, 1.54) is 35.4 Å². The Morgan fingerprint density at radius 3 is 2.43 bits per heavy atom. The van der Waals surface area contributed by atoms with E-state index >= 15 is 0 Å². The van der Waals surface area contributed by atoms with E-state index in [9.17, 15) is 4.79 Å². The summed E-state index contributed by atoms with van der Waals surface area (Å²) in [6.45, 7) is 9.22. The fraction of sp³-hybridized carbons (Fsp3) is 0.419. The average Bonchev–Trinajstić information content (AvgIpc) is 3.27. The molecule has 3 aromatic rings.